The SMILES string of the molecule is C[C@@H]1CNC[C@H]1C(=O)Nc1ccncc1.Cl. The van der Waals surface area contributed by atoms with E-state index in [1.54, 1.807) is 24.5 Å². The molecule has 0 aliphatic carbocycles. The summed E-state index contributed by atoms with van der Waals surface area (Å²) in [5, 5.41) is 6.11. The van der Waals surface area contributed by atoms with Crippen LogP contribution in [0.15, 0.2) is 24.5 Å². The molecule has 5 heteroatoms. The van der Waals surface area contributed by atoms with E-state index in [-0.39, 0.29) is 24.2 Å². The zero-order valence-corrected chi connectivity index (χ0v) is 9.96. The van der Waals surface area contributed by atoms with Gasteiger partial charge in [-0.1, -0.05) is 6.92 Å². The van der Waals surface area contributed by atoms with Crippen LogP contribution in [0.1, 0.15) is 6.92 Å². The minimum absolute atomic E-state index is 0. The highest BCUT2D eigenvalue weighted by Crippen LogP contribution is 2.17. The number of pyridine rings is 1. The molecule has 0 saturated carbocycles. The van der Waals surface area contributed by atoms with E-state index < -0.39 is 0 Å². The second kappa shape index (κ2) is 5.82. The van der Waals surface area contributed by atoms with Crippen LogP contribution in [-0.4, -0.2) is 24.0 Å². The molecule has 0 aromatic carbocycles. The first-order chi connectivity index (χ1) is 7.27. The largest absolute Gasteiger partial charge is 0.326 e. The van der Waals surface area contributed by atoms with Gasteiger partial charge in [-0.3, -0.25) is 9.78 Å². The molecule has 0 radical (unpaired) electrons. The van der Waals surface area contributed by atoms with Crippen molar-refractivity contribution in [2.75, 3.05) is 18.4 Å². The summed E-state index contributed by atoms with van der Waals surface area (Å²) in [4.78, 5) is 15.8. The maximum absolute atomic E-state index is 11.9. The standard InChI is InChI=1S/C11H15N3O.ClH/c1-8-6-13-7-10(8)11(15)14-9-2-4-12-5-3-9;/h2-5,8,10,13H,6-7H2,1H3,(H,12,14,15);1H/t8-,10-;/m1./s1. The fourth-order valence-electron chi connectivity index (χ4n) is 1.83. The lowest BCUT2D eigenvalue weighted by atomic mass is 9.97. The molecule has 88 valence electrons. The molecular formula is C11H16ClN3O. The van der Waals surface area contributed by atoms with Crippen LogP contribution in [0.25, 0.3) is 0 Å². The van der Waals surface area contributed by atoms with Crippen LogP contribution in [-0.2, 0) is 4.79 Å². The van der Waals surface area contributed by atoms with E-state index in [2.05, 4.69) is 22.5 Å². The number of halogens is 1. The van der Waals surface area contributed by atoms with Gasteiger partial charge in [0.1, 0.15) is 0 Å². The minimum Gasteiger partial charge on any atom is -0.326 e. The first kappa shape index (κ1) is 12.9. The third-order valence-corrected chi connectivity index (χ3v) is 2.80. The third kappa shape index (κ3) is 2.93. The number of rotatable bonds is 2. The molecule has 1 fully saturated rings. The summed E-state index contributed by atoms with van der Waals surface area (Å²) in [7, 11) is 0. The quantitative estimate of drug-likeness (QED) is 0.821. The molecule has 1 saturated heterocycles. The van der Waals surface area contributed by atoms with Crippen molar-refractivity contribution < 1.29 is 4.79 Å². The van der Waals surface area contributed by atoms with Gasteiger partial charge in [-0.15, -0.1) is 12.4 Å². The summed E-state index contributed by atoms with van der Waals surface area (Å²) in [5.74, 6) is 0.587. The Morgan fingerprint density at radius 1 is 1.44 bits per heavy atom. The highest BCUT2D eigenvalue weighted by molar-refractivity contribution is 5.93. The van der Waals surface area contributed by atoms with Crippen LogP contribution in [0, 0.1) is 11.8 Å². The highest BCUT2D eigenvalue weighted by Gasteiger charge is 2.29. The number of nitrogens with zero attached hydrogens (tertiary/aromatic N) is 1. The average molecular weight is 242 g/mol. The molecule has 1 amide bonds. The molecule has 2 N–H and O–H groups in total. The van der Waals surface area contributed by atoms with Crippen LogP contribution in [0.3, 0.4) is 0 Å². The highest BCUT2D eigenvalue weighted by atomic mass is 35.5. The Kier molecular flexibility index (Phi) is 4.71. The monoisotopic (exact) mass is 241 g/mol. The summed E-state index contributed by atoms with van der Waals surface area (Å²) >= 11 is 0. The van der Waals surface area contributed by atoms with Crippen molar-refractivity contribution in [1.29, 1.82) is 0 Å². The van der Waals surface area contributed by atoms with Crippen LogP contribution < -0.4 is 10.6 Å². The van der Waals surface area contributed by atoms with E-state index in [0.717, 1.165) is 18.8 Å². The number of hydrogen-bond donors (Lipinski definition) is 2. The molecule has 16 heavy (non-hydrogen) atoms. The predicted octanol–water partition coefficient (Wildman–Crippen LogP) is 1.30. The number of nitrogens with one attached hydrogen (secondary N) is 2. The van der Waals surface area contributed by atoms with Gasteiger partial charge in [-0.2, -0.15) is 0 Å². The summed E-state index contributed by atoms with van der Waals surface area (Å²) < 4.78 is 0. The topological polar surface area (TPSA) is 54.0 Å². The average Bonchev–Trinajstić information content (AvgIpc) is 2.66. The lowest BCUT2D eigenvalue weighted by Crippen LogP contribution is -2.27. The summed E-state index contributed by atoms with van der Waals surface area (Å²) in [6.07, 6.45) is 3.35. The van der Waals surface area contributed by atoms with Gasteiger partial charge in [0.05, 0.1) is 5.92 Å². The van der Waals surface area contributed by atoms with Crippen molar-refractivity contribution in [2.24, 2.45) is 11.8 Å². The molecule has 1 aliphatic rings. The molecule has 4 nitrogen and oxygen atoms in total. The number of carbonyl (C=O) groups excluding carboxylic acids is 1. The van der Waals surface area contributed by atoms with E-state index in [1.807, 2.05) is 0 Å². The second-order valence-corrected chi connectivity index (χ2v) is 3.97. The summed E-state index contributed by atoms with van der Waals surface area (Å²) in [6, 6.07) is 3.59. The maximum Gasteiger partial charge on any atom is 0.229 e. The van der Waals surface area contributed by atoms with Crippen molar-refractivity contribution in [1.82, 2.24) is 10.3 Å². The van der Waals surface area contributed by atoms with Crippen LogP contribution in [0.2, 0.25) is 0 Å². The summed E-state index contributed by atoms with van der Waals surface area (Å²) in [6.45, 7) is 3.79. The molecular weight excluding hydrogens is 226 g/mol. The molecule has 0 unspecified atom stereocenters. The fourth-order valence-corrected chi connectivity index (χ4v) is 1.83. The van der Waals surface area contributed by atoms with Gasteiger partial charge in [-0.25, -0.2) is 0 Å². The molecule has 1 aromatic heterocycles. The van der Waals surface area contributed by atoms with Gasteiger partial charge >= 0.3 is 0 Å². The van der Waals surface area contributed by atoms with Crippen molar-refractivity contribution >= 4 is 24.0 Å². The molecule has 1 aliphatic heterocycles. The zero-order chi connectivity index (χ0) is 10.7. The molecule has 2 heterocycles. The second-order valence-electron chi connectivity index (χ2n) is 3.97. The Hall–Kier alpha value is -1.13. The number of carbonyl (C=O) groups is 1. The van der Waals surface area contributed by atoms with E-state index in [1.165, 1.54) is 0 Å². The molecule has 1 aromatic rings. The van der Waals surface area contributed by atoms with Crippen LogP contribution in [0.4, 0.5) is 5.69 Å². The molecule has 0 bridgehead atoms. The van der Waals surface area contributed by atoms with Gasteiger partial charge in [0.15, 0.2) is 0 Å². The van der Waals surface area contributed by atoms with Crippen molar-refractivity contribution in [3.8, 4) is 0 Å². The van der Waals surface area contributed by atoms with Gasteiger partial charge in [0, 0.05) is 24.6 Å². The predicted molar refractivity (Wildman–Crippen MR) is 65.6 cm³/mol. The van der Waals surface area contributed by atoms with Crippen molar-refractivity contribution in [2.45, 2.75) is 6.92 Å². The first-order valence-electron chi connectivity index (χ1n) is 5.19. The van der Waals surface area contributed by atoms with Gasteiger partial charge in [0.25, 0.3) is 0 Å². The normalized spacial score (nSPS) is 23.6. The smallest absolute Gasteiger partial charge is 0.229 e. The Balaban J connectivity index is 0.00000128. The van der Waals surface area contributed by atoms with Crippen LogP contribution >= 0.6 is 12.4 Å². The Labute approximate surface area is 101 Å². The first-order valence-corrected chi connectivity index (χ1v) is 5.19. The van der Waals surface area contributed by atoms with E-state index in [9.17, 15) is 4.79 Å². The fraction of sp³-hybridized carbons (Fsp3) is 0.455. The van der Waals surface area contributed by atoms with Gasteiger partial charge < -0.3 is 10.6 Å². The maximum atomic E-state index is 11.9. The molecule has 2 atom stereocenters. The lowest BCUT2D eigenvalue weighted by molar-refractivity contribution is -0.120. The lowest BCUT2D eigenvalue weighted by Gasteiger charge is -2.13. The van der Waals surface area contributed by atoms with Crippen molar-refractivity contribution in [3.63, 3.8) is 0 Å². The van der Waals surface area contributed by atoms with Gasteiger partial charge in [-0.05, 0) is 24.6 Å². The zero-order valence-electron chi connectivity index (χ0n) is 9.14. The number of anilines is 1. The summed E-state index contributed by atoms with van der Waals surface area (Å²) in [5.41, 5.74) is 0.814. The van der Waals surface area contributed by atoms with E-state index in [4.69, 9.17) is 0 Å². The third-order valence-electron chi connectivity index (χ3n) is 2.80. The minimum atomic E-state index is 0. The van der Waals surface area contributed by atoms with E-state index >= 15 is 0 Å². The number of hydrogen-bond acceptors (Lipinski definition) is 3. The molecule has 0 spiro atoms. The molecule has 2 rings (SSSR count). The van der Waals surface area contributed by atoms with E-state index in [0.29, 0.717) is 5.92 Å². The van der Waals surface area contributed by atoms with Crippen molar-refractivity contribution in [3.05, 3.63) is 24.5 Å². The Morgan fingerprint density at radius 2 is 2.12 bits per heavy atom. The Bertz CT molecular complexity index is 344. The van der Waals surface area contributed by atoms with Crippen LogP contribution in [0.5, 0.6) is 0 Å². The Morgan fingerprint density at radius 3 is 2.69 bits per heavy atom. The number of amides is 1. The van der Waals surface area contributed by atoms with Gasteiger partial charge in [0.2, 0.25) is 5.91 Å². The number of aromatic nitrogens is 1.